The van der Waals surface area contributed by atoms with Crippen LogP contribution in [0.15, 0.2) is 54.6 Å². The molecule has 1 atom stereocenters. The van der Waals surface area contributed by atoms with Gasteiger partial charge in [0, 0.05) is 24.0 Å². The van der Waals surface area contributed by atoms with Gasteiger partial charge in [-0.1, -0.05) is 48.9 Å². The molecular formula is C25H33ClN2O3. The number of amides is 2. The molecule has 0 radical (unpaired) electrons. The fraction of sp³-hybridized carbons (Fsp3) is 0.440. The van der Waals surface area contributed by atoms with Gasteiger partial charge in [0.25, 0.3) is 0 Å². The van der Waals surface area contributed by atoms with Crippen molar-refractivity contribution in [2.45, 2.75) is 58.5 Å². The van der Waals surface area contributed by atoms with Gasteiger partial charge in [0.1, 0.15) is 11.8 Å². The van der Waals surface area contributed by atoms with E-state index in [0.29, 0.717) is 43.9 Å². The first-order valence-corrected chi connectivity index (χ1v) is 11.3. The van der Waals surface area contributed by atoms with Crippen LogP contribution in [0, 0.1) is 0 Å². The van der Waals surface area contributed by atoms with Crippen LogP contribution in [0.3, 0.4) is 0 Å². The highest BCUT2D eigenvalue weighted by Crippen LogP contribution is 2.16. The Morgan fingerprint density at radius 3 is 2.35 bits per heavy atom. The van der Waals surface area contributed by atoms with Gasteiger partial charge < -0.3 is 15.0 Å². The minimum absolute atomic E-state index is 0.0265. The van der Waals surface area contributed by atoms with Gasteiger partial charge in [-0.15, -0.1) is 0 Å². The molecule has 2 aromatic rings. The predicted molar refractivity (Wildman–Crippen MR) is 125 cm³/mol. The molecule has 0 saturated heterocycles. The fourth-order valence-corrected chi connectivity index (χ4v) is 3.49. The monoisotopic (exact) mass is 444 g/mol. The first-order valence-electron chi connectivity index (χ1n) is 10.9. The van der Waals surface area contributed by atoms with Gasteiger partial charge >= 0.3 is 0 Å². The Morgan fingerprint density at radius 1 is 1.06 bits per heavy atom. The number of nitrogens with one attached hydrogen (secondary N) is 1. The Bertz CT molecular complexity index is 809. The van der Waals surface area contributed by atoms with Crippen molar-refractivity contribution in [1.29, 1.82) is 0 Å². The van der Waals surface area contributed by atoms with Crippen molar-refractivity contribution >= 4 is 23.4 Å². The Hall–Kier alpha value is -2.53. The molecule has 1 unspecified atom stereocenters. The van der Waals surface area contributed by atoms with E-state index in [9.17, 15) is 9.59 Å². The lowest BCUT2D eigenvalue weighted by Gasteiger charge is -2.31. The predicted octanol–water partition coefficient (Wildman–Crippen LogP) is 4.87. The maximum Gasteiger partial charge on any atom is 0.242 e. The lowest BCUT2D eigenvalue weighted by molar-refractivity contribution is -0.141. The van der Waals surface area contributed by atoms with Crippen LogP contribution >= 0.6 is 11.6 Å². The van der Waals surface area contributed by atoms with Crippen LogP contribution in [0.25, 0.3) is 0 Å². The number of ether oxygens (including phenoxy) is 1. The molecule has 2 amide bonds. The molecule has 0 fully saturated rings. The summed E-state index contributed by atoms with van der Waals surface area (Å²) >= 11 is 5.89. The van der Waals surface area contributed by atoms with Gasteiger partial charge in [-0.25, -0.2) is 0 Å². The molecule has 0 bridgehead atoms. The van der Waals surface area contributed by atoms with Gasteiger partial charge in [0.05, 0.1) is 6.61 Å². The van der Waals surface area contributed by atoms with Crippen molar-refractivity contribution in [3.63, 3.8) is 0 Å². The molecule has 0 aliphatic rings. The van der Waals surface area contributed by atoms with Crippen LogP contribution in [-0.4, -0.2) is 41.9 Å². The molecule has 2 rings (SSSR count). The molecular weight excluding hydrogens is 412 g/mol. The van der Waals surface area contributed by atoms with E-state index in [-0.39, 0.29) is 17.9 Å². The molecule has 6 heteroatoms. The Balaban J connectivity index is 1.98. The smallest absolute Gasteiger partial charge is 0.242 e. The van der Waals surface area contributed by atoms with E-state index >= 15 is 0 Å². The zero-order valence-corrected chi connectivity index (χ0v) is 19.4. The minimum Gasteiger partial charge on any atom is -0.494 e. The van der Waals surface area contributed by atoms with E-state index < -0.39 is 6.04 Å². The molecule has 1 N–H and O–H groups in total. The quantitative estimate of drug-likeness (QED) is 0.475. The summed E-state index contributed by atoms with van der Waals surface area (Å²) in [7, 11) is 0. The number of benzene rings is 2. The van der Waals surface area contributed by atoms with Crippen LogP contribution in [0.4, 0.5) is 0 Å². The van der Waals surface area contributed by atoms with Gasteiger partial charge in [-0.2, -0.15) is 0 Å². The standard InChI is InChI=1S/C25H33ClN2O3/c1-4-23(25(30)27-19(2)3)28(17-16-20-9-6-5-7-10-20)24(29)11-8-18-31-22-14-12-21(26)13-15-22/h5-7,9-10,12-15,19,23H,4,8,11,16-18H2,1-3H3,(H,27,30). The van der Waals surface area contributed by atoms with E-state index in [4.69, 9.17) is 16.3 Å². The third-order valence-corrected chi connectivity index (χ3v) is 5.17. The normalized spacial score (nSPS) is 11.8. The average molecular weight is 445 g/mol. The van der Waals surface area contributed by atoms with Crippen LogP contribution < -0.4 is 10.1 Å². The number of carbonyl (C=O) groups is 2. The van der Waals surface area contributed by atoms with Gasteiger partial charge in [-0.3, -0.25) is 9.59 Å². The van der Waals surface area contributed by atoms with Crippen molar-refractivity contribution in [2.75, 3.05) is 13.2 Å². The van der Waals surface area contributed by atoms with Crippen LogP contribution in [0.2, 0.25) is 5.02 Å². The summed E-state index contributed by atoms with van der Waals surface area (Å²) < 4.78 is 5.70. The fourth-order valence-electron chi connectivity index (χ4n) is 3.36. The molecule has 2 aromatic carbocycles. The molecule has 0 spiro atoms. The van der Waals surface area contributed by atoms with Crippen molar-refractivity contribution in [1.82, 2.24) is 10.2 Å². The Morgan fingerprint density at radius 2 is 1.74 bits per heavy atom. The Kier molecular flexibility index (Phi) is 10.4. The zero-order chi connectivity index (χ0) is 22.6. The maximum absolute atomic E-state index is 13.1. The largest absolute Gasteiger partial charge is 0.494 e. The topological polar surface area (TPSA) is 58.6 Å². The summed E-state index contributed by atoms with van der Waals surface area (Å²) in [6, 6.07) is 16.7. The average Bonchev–Trinajstić information content (AvgIpc) is 2.75. The number of hydrogen-bond acceptors (Lipinski definition) is 3. The van der Waals surface area contributed by atoms with Crippen LogP contribution in [-0.2, 0) is 16.0 Å². The van der Waals surface area contributed by atoms with E-state index in [2.05, 4.69) is 5.32 Å². The van der Waals surface area contributed by atoms with E-state index in [1.54, 1.807) is 29.2 Å². The van der Waals surface area contributed by atoms with Crippen LogP contribution in [0.1, 0.15) is 45.6 Å². The molecule has 0 aromatic heterocycles. The SMILES string of the molecule is CCC(C(=O)NC(C)C)N(CCc1ccccc1)C(=O)CCCOc1ccc(Cl)cc1. The molecule has 0 aliphatic carbocycles. The minimum atomic E-state index is -0.476. The summed E-state index contributed by atoms with van der Waals surface area (Å²) in [6.07, 6.45) is 2.18. The molecule has 0 saturated carbocycles. The third-order valence-electron chi connectivity index (χ3n) is 4.92. The molecule has 31 heavy (non-hydrogen) atoms. The summed E-state index contributed by atoms with van der Waals surface area (Å²) in [4.78, 5) is 27.6. The lowest BCUT2D eigenvalue weighted by atomic mass is 10.1. The van der Waals surface area contributed by atoms with E-state index in [1.807, 2.05) is 51.1 Å². The second-order valence-electron chi connectivity index (χ2n) is 7.82. The van der Waals surface area contributed by atoms with Crippen molar-refractivity contribution in [3.8, 4) is 5.75 Å². The van der Waals surface area contributed by atoms with E-state index in [0.717, 1.165) is 11.3 Å². The van der Waals surface area contributed by atoms with Crippen molar-refractivity contribution in [3.05, 3.63) is 65.2 Å². The summed E-state index contributed by atoms with van der Waals surface area (Å²) in [5.41, 5.74) is 1.14. The molecule has 0 aliphatic heterocycles. The summed E-state index contributed by atoms with van der Waals surface area (Å²) in [6.45, 7) is 6.72. The number of hydrogen-bond donors (Lipinski definition) is 1. The van der Waals surface area contributed by atoms with Crippen LogP contribution in [0.5, 0.6) is 5.75 Å². The summed E-state index contributed by atoms with van der Waals surface area (Å²) in [5.74, 6) is 0.596. The highest BCUT2D eigenvalue weighted by Gasteiger charge is 2.28. The second kappa shape index (κ2) is 13.0. The molecule has 168 valence electrons. The van der Waals surface area contributed by atoms with Crippen molar-refractivity contribution in [2.24, 2.45) is 0 Å². The zero-order valence-electron chi connectivity index (χ0n) is 18.6. The number of rotatable bonds is 12. The highest BCUT2D eigenvalue weighted by atomic mass is 35.5. The number of carbonyl (C=O) groups excluding carboxylic acids is 2. The molecule has 0 heterocycles. The number of halogens is 1. The first kappa shape index (κ1) is 24.7. The third kappa shape index (κ3) is 8.62. The van der Waals surface area contributed by atoms with Gasteiger partial charge in [0.2, 0.25) is 11.8 Å². The lowest BCUT2D eigenvalue weighted by Crippen LogP contribution is -2.51. The first-order chi connectivity index (χ1) is 14.9. The summed E-state index contributed by atoms with van der Waals surface area (Å²) in [5, 5.41) is 3.61. The second-order valence-corrected chi connectivity index (χ2v) is 8.25. The van der Waals surface area contributed by atoms with Crippen molar-refractivity contribution < 1.29 is 14.3 Å². The maximum atomic E-state index is 13.1. The van der Waals surface area contributed by atoms with E-state index in [1.165, 1.54) is 0 Å². The molecule has 5 nitrogen and oxygen atoms in total. The van der Waals surface area contributed by atoms with Gasteiger partial charge in [0.15, 0.2) is 0 Å². The van der Waals surface area contributed by atoms with Gasteiger partial charge in [-0.05, 0) is 62.9 Å². The number of nitrogens with zero attached hydrogens (tertiary/aromatic N) is 1. The Labute approximate surface area is 190 Å². The highest BCUT2D eigenvalue weighted by molar-refractivity contribution is 6.30.